The highest BCUT2D eigenvalue weighted by molar-refractivity contribution is 9.10. The van der Waals surface area contributed by atoms with E-state index in [1.54, 1.807) is 24.8 Å². The third-order valence-electron chi connectivity index (χ3n) is 3.20. The Morgan fingerprint density at radius 2 is 1.67 bits per heavy atom. The van der Waals surface area contributed by atoms with Crippen molar-refractivity contribution in [2.75, 3.05) is 18.0 Å². The molecule has 2 aromatic rings. The van der Waals surface area contributed by atoms with E-state index in [1.165, 1.54) is 0 Å². The first-order valence-electron chi connectivity index (χ1n) is 6.57. The van der Waals surface area contributed by atoms with Gasteiger partial charge < -0.3 is 9.64 Å². The minimum absolute atomic E-state index is 0.120. The van der Waals surface area contributed by atoms with Gasteiger partial charge in [0, 0.05) is 38.3 Å². The number of hydrogen-bond donors (Lipinski definition) is 0. The molecular weight excluding hydrogens is 358 g/mol. The van der Waals surface area contributed by atoms with Crippen molar-refractivity contribution in [2.24, 2.45) is 0 Å². The highest BCUT2D eigenvalue weighted by Crippen LogP contribution is 2.20. The molecule has 0 bridgehead atoms. The van der Waals surface area contributed by atoms with E-state index in [0.717, 1.165) is 30.4 Å². The van der Waals surface area contributed by atoms with E-state index in [0.29, 0.717) is 17.0 Å². The first-order chi connectivity index (χ1) is 10.2. The third-order valence-corrected chi connectivity index (χ3v) is 3.80. The number of aromatic nitrogens is 4. The van der Waals surface area contributed by atoms with Gasteiger partial charge in [-0.05, 0) is 15.9 Å². The standard InChI is InChI=1S/C13H13BrClN5O/c14-9-5-18-13(19-6-9)21-11-1-3-20(4-2-11)12-16-7-10(15)8-17-12/h5-8,11H,1-4H2. The molecule has 3 heterocycles. The van der Waals surface area contributed by atoms with Gasteiger partial charge in [0.25, 0.3) is 0 Å². The lowest BCUT2D eigenvalue weighted by atomic mass is 10.1. The van der Waals surface area contributed by atoms with Gasteiger partial charge in [-0.3, -0.25) is 0 Å². The van der Waals surface area contributed by atoms with Gasteiger partial charge in [-0.1, -0.05) is 11.6 Å². The monoisotopic (exact) mass is 369 g/mol. The molecule has 1 aliphatic heterocycles. The fraction of sp³-hybridized carbons (Fsp3) is 0.385. The van der Waals surface area contributed by atoms with E-state index in [-0.39, 0.29) is 6.10 Å². The summed E-state index contributed by atoms with van der Waals surface area (Å²) < 4.78 is 6.62. The van der Waals surface area contributed by atoms with Gasteiger partial charge in [0.15, 0.2) is 0 Å². The van der Waals surface area contributed by atoms with E-state index >= 15 is 0 Å². The molecule has 21 heavy (non-hydrogen) atoms. The average Bonchev–Trinajstić information content (AvgIpc) is 2.51. The molecule has 0 radical (unpaired) electrons. The lowest BCUT2D eigenvalue weighted by molar-refractivity contribution is 0.156. The largest absolute Gasteiger partial charge is 0.460 e. The van der Waals surface area contributed by atoms with Crippen LogP contribution < -0.4 is 9.64 Å². The number of piperidine rings is 1. The van der Waals surface area contributed by atoms with E-state index in [4.69, 9.17) is 16.3 Å². The first-order valence-corrected chi connectivity index (χ1v) is 7.74. The second-order valence-electron chi connectivity index (χ2n) is 4.69. The van der Waals surface area contributed by atoms with E-state index in [1.807, 2.05) is 0 Å². The van der Waals surface area contributed by atoms with Crippen LogP contribution in [0.25, 0.3) is 0 Å². The summed E-state index contributed by atoms with van der Waals surface area (Å²) in [6.45, 7) is 1.67. The maximum absolute atomic E-state index is 5.79. The van der Waals surface area contributed by atoms with Crippen molar-refractivity contribution in [3.8, 4) is 6.01 Å². The van der Waals surface area contributed by atoms with Crippen molar-refractivity contribution in [3.05, 3.63) is 34.3 Å². The number of ether oxygens (including phenoxy) is 1. The summed E-state index contributed by atoms with van der Waals surface area (Å²) in [6, 6.07) is 0.416. The molecule has 110 valence electrons. The third kappa shape index (κ3) is 3.79. The summed E-state index contributed by atoms with van der Waals surface area (Å²) in [5.41, 5.74) is 0. The molecule has 0 atom stereocenters. The van der Waals surface area contributed by atoms with Crippen molar-refractivity contribution in [1.82, 2.24) is 19.9 Å². The molecule has 1 fully saturated rings. The van der Waals surface area contributed by atoms with Crippen LogP contribution in [0.3, 0.4) is 0 Å². The zero-order chi connectivity index (χ0) is 14.7. The normalized spacial score (nSPS) is 16.0. The molecule has 0 amide bonds. The molecule has 3 rings (SSSR count). The molecule has 1 saturated heterocycles. The van der Waals surface area contributed by atoms with Crippen molar-refractivity contribution >= 4 is 33.5 Å². The number of hydrogen-bond acceptors (Lipinski definition) is 6. The minimum Gasteiger partial charge on any atom is -0.460 e. The zero-order valence-corrected chi connectivity index (χ0v) is 13.5. The van der Waals surface area contributed by atoms with Gasteiger partial charge in [0.05, 0.1) is 21.9 Å². The minimum atomic E-state index is 0.120. The van der Waals surface area contributed by atoms with Crippen LogP contribution in [0.15, 0.2) is 29.3 Å². The van der Waals surface area contributed by atoms with Gasteiger partial charge >= 0.3 is 6.01 Å². The molecule has 0 spiro atoms. The Balaban J connectivity index is 1.55. The molecule has 8 heteroatoms. The van der Waals surface area contributed by atoms with Gasteiger partial charge in [0.2, 0.25) is 5.95 Å². The Morgan fingerprint density at radius 3 is 2.29 bits per heavy atom. The molecule has 1 aliphatic rings. The van der Waals surface area contributed by atoms with Gasteiger partial charge in [-0.2, -0.15) is 0 Å². The van der Waals surface area contributed by atoms with Gasteiger partial charge in [-0.25, -0.2) is 19.9 Å². The maximum atomic E-state index is 5.79. The Morgan fingerprint density at radius 1 is 1.05 bits per heavy atom. The van der Waals surface area contributed by atoms with Crippen molar-refractivity contribution in [1.29, 1.82) is 0 Å². The predicted molar refractivity (Wildman–Crippen MR) is 82.6 cm³/mol. The molecule has 2 aromatic heterocycles. The quantitative estimate of drug-likeness (QED) is 0.828. The summed E-state index contributed by atoms with van der Waals surface area (Å²) in [4.78, 5) is 18.8. The number of nitrogens with zero attached hydrogens (tertiary/aromatic N) is 5. The molecule has 0 aromatic carbocycles. The van der Waals surface area contributed by atoms with Crippen LogP contribution in [0.1, 0.15) is 12.8 Å². The molecular formula is C13H13BrClN5O. The van der Waals surface area contributed by atoms with Gasteiger partial charge in [-0.15, -0.1) is 0 Å². The lowest BCUT2D eigenvalue weighted by Gasteiger charge is -2.31. The topological polar surface area (TPSA) is 64.0 Å². The van der Waals surface area contributed by atoms with Crippen LogP contribution in [0.4, 0.5) is 5.95 Å². The Kier molecular flexibility index (Phi) is 4.50. The van der Waals surface area contributed by atoms with Crippen LogP contribution in [-0.4, -0.2) is 39.1 Å². The Labute approximate surface area is 135 Å². The molecule has 6 nitrogen and oxygen atoms in total. The highest BCUT2D eigenvalue weighted by Gasteiger charge is 2.22. The molecule has 0 unspecified atom stereocenters. The van der Waals surface area contributed by atoms with Gasteiger partial charge in [0.1, 0.15) is 6.10 Å². The van der Waals surface area contributed by atoms with Crippen LogP contribution in [0, 0.1) is 0 Å². The second kappa shape index (κ2) is 6.53. The fourth-order valence-electron chi connectivity index (χ4n) is 2.15. The number of rotatable bonds is 3. The molecule has 0 aliphatic carbocycles. The zero-order valence-electron chi connectivity index (χ0n) is 11.1. The van der Waals surface area contributed by atoms with Crippen LogP contribution >= 0.6 is 27.5 Å². The Hall–Kier alpha value is -1.47. The number of halogens is 2. The highest BCUT2D eigenvalue weighted by atomic mass is 79.9. The van der Waals surface area contributed by atoms with E-state index < -0.39 is 0 Å². The van der Waals surface area contributed by atoms with Crippen molar-refractivity contribution in [3.63, 3.8) is 0 Å². The van der Waals surface area contributed by atoms with E-state index in [9.17, 15) is 0 Å². The first kappa shape index (κ1) is 14.5. The van der Waals surface area contributed by atoms with Crippen LogP contribution in [0.2, 0.25) is 5.02 Å². The number of anilines is 1. The summed E-state index contributed by atoms with van der Waals surface area (Å²) >= 11 is 9.09. The smallest absolute Gasteiger partial charge is 0.316 e. The second-order valence-corrected chi connectivity index (χ2v) is 6.04. The summed E-state index contributed by atoms with van der Waals surface area (Å²) in [5, 5.41) is 0.546. The van der Waals surface area contributed by atoms with Crippen molar-refractivity contribution in [2.45, 2.75) is 18.9 Å². The maximum Gasteiger partial charge on any atom is 0.316 e. The Bertz CT molecular complexity index is 587. The fourth-order valence-corrected chi connectivity index (χ4v) is 2.46. The predicted octanol–water partition coefficient (Wildman–Crippen LogP) is 2.73. The van der Waals surface area contributed by atoms with Crippen LogP contribution in [-0.2, 0) is 0 Å². The summed E-state index contributed by atoms with van der Waals surface area (Å²) in [6.07, 6.45) is 8.47. The van der Waals surface area contributed by atoms with Crippen molar-refractivity contribution < 1.29 is 4.74 Å². The summed E-state index contributed by atoms with van der Waals surface area (Å²) in [5.74, 6) is 0.706. The molecule has 0 saturated carbocycles. The van der Waals surface area contributed by atoms with E-state index in [2.05, 4.69) is 40.8 Å². The summed E-state index contributed by atoms with van der Waals surface area (Å²) in [7, 11) is 0. The SMILES string of the molecule is Clc1cnc(N2CCC(Oc3ncc(Br)cn3)CC2)nc1. The lowest BCUT2D eigenvalue weighted by Crippen LogP contribution is -2.39. The molecule has 0 N–H and O–H groups in total. The average molecular weight is 371 g/mol. The van der Waals surface area contributed by atoms with Crippen LogP contribution in [0.5, 0.6) is 6.01 Å².